The quantitative estimate of drug-likeness (QED) is 0.520. The number of epoxide rings is 1. The zero-order valence-corrected chi connectivity index (χ0v) is 8.97. The first-order valence-corrected chi connectivity index (χ1v) is 6.26. The molecule has 0 N–H and O–H groups in total. The molecule has 4 aliphatic rings. The van der Waals surface area contributed by atoms with Gasteiger partial charge in [0.15, 0.2) is 0 Å². The summed E-state index contributed by atoms with van der Waals surface area (Å²) in [6, 6.07) is 0. The summed E-state index contributed by atoms with van der Waals surface area (Å²) in [5, 5.41) is 0. The molecule has 4 fully saturated rings. The Balaban J connectivity index is 1.50. The molecule has 0 radical (unpaired) electrons. The lowest BCUT2D eigenvalue weighted by atomic mass is 9.79. The van der Waals surface area contributed by atoms with E-state index in [0.717, 1.165) is 30.3 Å². The number of rotatable bonds is 3. The van der Waals surface area contributed by atoms with Gasteiger partial charge in [0, 0.05) is 0 Å². The van der Waals surface area contributed by atoms with E-state index in [4.69, 9.17) is 9.47 Å². The van der Waals surface area contributed by atoms with E-state index in [1.807, 2.05) is 6.08 Å². The van der Waals surface area contributed by atoms with E-state index in [1.54, 1.807) is 0 Å². The maximum atomic E-state index is 5.89. The lowest BCUT2D eigenvalue weighted by molar-refractivity contribution is -0.00957. The molecule has 2 nitrogen and oxygen atoms in total. The molecule has 3 saturated carbocycles. The molecule has 7 unspecified atom stereocenters. The maximum absolute atomic E-state index is 5.89. The molecule has 0 spiro atoms. The SMILES string of the molecule is C=CCOC1CC2CC1C1CC3OC3C21. The molecule has 1 saturated heterocycles. The van der Waals surface area contributed by atoms with Crippen molar-refractivity contribution in [1.82, 2.24) is 0 Å². The van der Waals surface area contributed by atoms with E-state index in [1.165, 1.54) is 19.3 Å². The summed E-state index contributed by atoms with van der Waals surface area (Å²) in [5.41, 5.74) is 0. The summed E-state index contributed by atoms with van der Waals surface area (Å²) in [7, 11) is 0. The van der Waals surface area contributed by atoms with Gasteiger partial charge in [-0.15, -0.1) is 6.58 Å². The van der Waals surface area contributed by atoms with Crippen molar-refractivity contribution in [3.8, 4) is 0 Å². The van der Waals surface area contributed by atoms with Gasteiger partial charge in [-0.3, -0.25) is 0 Å². The average molecular weight is 206 g/mol. The topological polar surface area (TPSA) is 21.8 Å². The van der Waals surface area contributed by atoms with Gasteiger partial charge < -0.3 is 9.47 Å². The predicted molar refractivity (Wildman–Crippen MR) is 56.4 cm³/mol. The van der Waals surface area contributed by atoms with Gasteiger partial charge in [-0.25, -0.2) is 0 Å². The molecule has 82 valence electrons. The van der Waals surface area contributed by atoms with Gasteiger partial charge in [-0.05, 0) is 42.9 Å². The van der Waals surface area contributed by atoms with Crippen LogP contribution in [-0.4, -0.2) is 24.9 Å². The lowest BCUT2D eigenvalue weighted by Gasteiger charge is -2.32. The Hall–Kier alpha value is -0.340. The Labute approximate surface area is 90.6 Å². The third-order valence-corrected chi connectivity index (χ3v) is 5.11. The molecule has 2 heteroatoms. The Morgan fingerprint density at radius 3 is 3.07 bits per heavy atom. The molecule has 15 heavy (non-hydrogen) atoms. The van der Waals surface area contributed by atoms with Crippen LogP contribution in [0.3, 0.4) is 0 Å². The van der Waals surface area contributed by atoms with Gasteiger partial charge in [0.25, 0.3) is 0 Å². The molecule has 2 bridgehead atoms. The average Bonchev–Trinajstić information content (AvgIpc) is 2.66. The molecule has 0 aromatic carbocycles. The highest BCUT2D eigenvalue weighted by Crippen LogP contribution is 2.64. The van der Waals surface area contributed by atoms with Gasteiger partial charge in [0.1, 0.15) is 0 Å². The van der Waals surface area contributed by atoms with E-state index >= 15 is 0 Å². The Bertz CT molecular complexity index is 301. The van der Waals surface area contributed by atoms with Crippen molar-refractivity contribution in [2.45, 2.75) is 37.6 Å². The number of ether oxygens (including phenoxy) is 2. The van der Waals surface area contributed by atoms with Gasteiger partial charge >= 0.3 is 0 Å². The van der Waals surface area contributed by atoms with Crippen LogP contribution in [0, 0.1) is 23.7 Å². The van der Waals surface area contributed by atoms with E-state index in [9.17, 15) is 0 Å². The van der Waals surface area contributed by atoms with E-state index in [-0.39, 0.29) is 0 Å². The fourth-order valence-electron chi connectivity index (χ4n) is 4.65. The Morgan fingerprint density at radius 1 is 1.27 bits per heavy atom. The van der Waals surface area contributed by atoms with Crippen LogP contribution in [-0.2, 0) is 9.47 Å². The minimum Gasteiger partial charge on any atom is -0.374 e. The van der Waals surface area contributed by atoms with Crippen molar-refractivity contribution in [2.75, 3.05) is 6.61 Å². The summed E-state index contributed by atoms with van der Waals surface area (Å²) < 4.78 is 11.6. The van der Waals surface area contributed by atoms with Crippen molar-refractivity contribution in [2.24, 2.45) is 23.7 Å². The Morgan fingerprint density at radius 2 is 2.20 bits per heavy atom. The second kappa shape index (κ2) is 2.86. The van der Waals surface area contributed by atoms with Crippen LogP contribution in [0.2, 0.25) is 0 Å². The Kier molecular flexibility index (Phi) is 1.67. The first-order chi connectivity index (χ1) is 7.38. The van der Waals surface area contributed by atoms with E-state index in [0.29, 0.717) is 18.3 Å². The molecule has 0 amide bonds. The van der Waals surface area contributed by atoms with Crippen LogP contribution >= 0.6 is 0 Å². The molecule has 3 aliphatic carbocycles. The fraction of sp³-hybridized carbons (Fsp3) is 0.846. The zero-order chi connectivity index (χ0) is 9.99. The molecular weight excluding hydrogens is 188 g/mol. The zero-order valence-electron chi connectivity index (χ0n) is 8.97. The number of hydrogen-bond donors (Lipinski definition) is 0. The first-order valence-electron chi connectivity index (χ1n) is 6.26. The van der Waals surface area contributed by atoms with Crippen molar-refractivity contribution in [3.63, 3.8) is 0 Å². The summed E-state index contributed by atoms with van der Waals surface area (Å²) in [6.07, 6.45) is 7.72. The monoisotopic (exact) mass is 206 g/mol. The standard InChI is InChI=1S/C13H18O2/c1-2-3-14-10-5-7-4-8(10)9-6-11-13(15-11)12(7)9/h2,7-13H,1,3-6H2. The second-order valence-electron chi connectivity index (χ2n) is 5.67. The van der Waals surface area contributed by atoms with E-state index < -0.39 is 0 Å². The van der Waals surface area contributed by atoms with Crippen LogP contribution in [0.25, 0.3) is 0 Å². The summed E-state index contributed by atoms with van der Waals surface area (Å²) in [4.78, 5) is 0. The highest BCUT2D eigenvalue weighted by Gasteiger charge is 2.66. The fourth-order valence-corrected chi connectivity index (χ4v) is 4.65. The van der Waals surface area contributed by atoms with Crippen molar-refractivity contribution >= 4 is 0 Å². The lowest BCUT2D eigenvalue weighted by Crippen LogP contribution is -2.33. The van der Waals surface area contributed by atoms with Gasteiger partial charge in [0.05, 0.1) is 24.9 Å². The molecule has 1 heterocycles. The van der Waals surface area contributed by atoms with Crippen molar-refractivity contribution < 1.29 is 9.47 Å². The minimum absolute atomic E-state index is 0.534. The molecule has 0 aromatic heterocycles. The van der Waals surface area contributed by atoms with Crippen LogP contribution in [0.15, 0.2) is 12.7 Å². The highest BCUT2D eigenvalue weighted by molar-refractivity contribution is 5.14. The largest absolute Gasteiger partial charge is 0.374 e. The highest BCUT2D eigenvalue weighted by atomic mass is 16.6. The third kappa shape index (κ3) is 1.07. The van der Waals surface area contributed by atoms with Crippen LogP contribution in [0.5, 0.6) is 0 Å². The molecule has 4 rings (SSSR count). The maximum Gasteiger partial charge on any atom is 0.0875 e. The van der Waals surface area contributed by atoms with Crippen molar-refractivity contribution in [1.29, 1.82) is 0 Å². The smallest absolute Gasteiger partial charge is 0.0875 e. The summed E-state index contributed by atoms with van der Waals surface area (Å²) in [5.74, 6) is 3.59. The van der Waals surface area contributed by atoms with Gasteiger partial charge in [-0.2, -0.15) is 0 Å². The predicted octanol–water partition coefficient (Wildman–Crippen LogP) is 2.00. The first kappa shape index (κ1) is 8.77. The van der Waals surface area contributed by atoms with Gasteiger partial charge in [0.2, 0.25) is 0 Å². The van der Waals surface area contributed by atoms with Gasteiger partial charge in [-0.1, -0.05) is 6.08 Å². The third-order valence-electron chi connectivity index (χ3n) is 5.11. The van der Waals surface area contributed by atoms with Crippen LogP contribution in [0.4, 0.5) is 0 Å². The van der Waals surface area contributed by atoms with Crippen molar-refractivity contribution in [3.05, 3.63) is 12.7 Å². The molecule has 7 atom stereocenters. The summed E-state index contributed by atoms with van der Waals surface area (Å²) >= 11 is 0. The van der Waals surface area contributed by atoms with Crippen LogP contribution in [0.1, 0.15) is 19.3 Å². The van der Waals surface area contributed by atoms with E-state index in [2.05, 4.69) is 6.58 Å². The number of hydrogen-bond acceptors (Lipinski definition) is 2. The molecule has 1 aliphatic heterocycles. The van der Waals surface area contributed by atoms with Crippen LogP contribution < -0.4 is 0 Å². The normalized spacial score (nSPS) is 59.1. The minimum atomic E-state index is 0.534. The second-order valence-corrected chi connectivity index (χ2v) is 5.67. The molecular formula is C13H18O2. The molecule has 0 aromatic rings. The number of fused-ring (bicyclic) bond motifs is 7. The summed E-state index contributed by atoms with van der Waals surface area (Å²) in [6.45, 7) is 4.46.